The van der Waals surface area contributed by atoms with Crippen LogP contribution in [0, 0.1) is 5.82 Å². The van der Waals surface area contributed by atoms with Gasteiger partial charge in [0.05, 0.1) is 12.2 Å². The van der Waals surface area contributed by atoms with E-state index in [1.54, 1.807) is 0 Å². The summed E-state index contributed by atoms with van der Waals surface area (Å²) in [7, 11) is 0. The van der Waals surface area contributed by atoms with Gasteiger partial charge in [-0.05, 0) is 18.6 Å². The van der Waals surface area contributed by atoms with Crippen molar-refractivity contribution < 1.29 is 19.0 Å². The SMILES string of the molecule is CCCCOCCNC(=O)c1ccc(O)cc1F. The van der Waals surface area contributed by atoms with Crippen molar-refractivity contribution >= 4 is 5.91 Å². The topological polar surface area (TPSA) is 58.6 Å². The highest BCUT2D eigenvalue weighted by Crippen LogP contribution is 2.14. The molecule has 1 rings (SSSR count). The van der Waals surface area contributed by atoms with Crippen molar-refractivity contribution in [3.05, 3.63) is 29.6 Å². The minimum Gasteiger partial charge on any atom is -0.508 e. The second-order valence-electron chi connectivity index (χ2n) is 3.89. The van der Waals surface area contributed by atoms with Gasteiger partial charge in [-0.25, -0.2) is 4.39 Å². The Balaban J connectivity index is 2.32. The third-order valence-corrected chi connectivity index (χ3v) is 2.37. The van der Waals surface area contributed by atoms with Gasteiger partial charge in [0.25, 0.3) is 5.91 Å². The number of hydrogen-bond donors (Lipinski definition) is 2. The predicted molar refractivity (Wildman–Crippen MR) is 66.1 cm³/mol. The molecule has 0 heterocycles. The standard InChI is InChI=1S/C13H18FNO3/c1-2-3-7-18-8-6-15-13(17)11-5-4-10(16)9-12(11)14/h4-5,9,16H,2-3,6-8H2,1H3,(H,15,17). The number of unbranched alkanes of at least 4 members (excludes halogenated alkanes) is 1. The van der Waals surface area contributed by atoms with Gasteiger partial charge in [0, 0.05) is 19.2 Å². The summed E-state index contributed by atoms with van der Waals surface area (Å²) < 4.78 is 18.6. The number of amides is 1. The van der Waals surface area contributed by atoms with Crippen molar-refractivity contribution in [2.45, 2.75) is 19.8 Å². The fraction of sp³-hybridized carbons (Fsp3) is 0.462. The molecule has 5 heteroatoms. The number of phenolic OH excluding ortho intramolecular Hbond substituents is 1. The van der Waals surface area contributed by atoms with Crippen molar-refractivity contribution in [1.29, 1.82) is 0 Å². The molecule has 1 aromatic rings. The summed E-state index contributed by atoms with van der Waals surface area (Å²) in [6.07, 6.45) is 2.05. The highest BCUT2D eigenvalue weighted by Gasteiger charge is 2.11. The molecule has 2 N–H and O–H groups in total. The first-order chi connectivity index (χ1) is 8.65. The van der Waals surface area contributed by atoms with Gasteiger partial charge >= 0.3 is 0 Å². The number of benzene rings is 1. The summed E-state index contributed by atoms with van der Waals surface area (Å²) in [6.45, 7) is 3.48. The second kappa shape index (κ2) is 7.66. The number of aromatic hydroxyl groups is 1. The first kappa shape index (κ1) is 14.4. The van der Waals surface area contributed by atoms with E-state index in [-0.39, 0.29) is 11.3 Å². The molecule has 4 nitrogen and oxygen atoms in total. The lowest BCUT2D eigenvalue weighted by atomic mass is 10.2. The molecule has 0 aliphatic carbocycles. The van der Waals surface area contributed by atoms with Crippen LogP contribution in [0.15, 0.2) is 18.2 Å². The molecule has 0 spiro atoms. The molecule has 18 heavy (non-hydrogen) atoms. The summed E-state index contributed by atoms with van der Waals surface area (Å²) in [4.78, 5) is 11.6. The molecule has 0 aromatic heterocycles. The number of phenols is 1. The third kappa shape index (κ3) is 4.71. The van der Waals surface area contributed by atoms with Gasteiger partial charge < -0.3 is 15.2 Å². The summed E-state index contributed by atoms with van der Waals surface area (Å²) in [5.41, 5.74) is -0.0821. The molecular weight excluding hydrogens is 237 g/mol. The summed E-state index contributed by atoms with van der Waals surface area (Å²) in [5, 5.41) is 11.6. The van der Waals surface area contributed by atoms with Crippen LogP contribution in [-0.2, 0) is 4.74 Å². The number of ether oxygens (including phenoxy) is 1. The Hall–Kier alpha value is -1.62. The highest BCUT2D eigenvalue weighted by atomic mass is 19.1. The second-order valence-corrected chi connectivity index (χ2v) is 3.89. The number of carbonyl (C=O) groups is 1. The average Bonchev–Trinajstić information content (AvgIpc) is 2.33. The van der Waals surface area contributed by atoms with Crippen LogP contribution >= 0.6 is 0 Å². The Kier molecular flexibility index (Phi) is 6.14. The molecule has 0 bridgehead atoms. The zero-order valence-electron chi connectivity index (χ0n) is 10.4. The molecule has 1 aromatic carbocycles. The Labute approximate surface area is 106 Å². The van der Waals surface area contributed by atoms with Gasteiger partial charge in [0.2, 0.25) is 0 Å². The van der Waals surface area contributed by atoms with Crippen LogP contribution in [0.2, 0.25) is 0 Å². The zero-order chi connectivity index (χ0) is 13.4. The van der Waals surface area contributed by atoms with Crippen LogP contribution in [-0.4, -0.2) is 30.8 Å². The molecule has 0 aliphatic rings. The van der Waals surface area contributed by atoms with E-state index in [0.29, 0.717) is 19.8 Å². The number of rotatable bonds is 7. The van der Waals surface area contributed by atoms with Crippen molar-refractivity contribution in [2.75, 3.05) is 19.8 Å². The van der Waals surface area contributed by atoms with Crippen molar-refractivity contribution in [1.82, 2.24) is 5.32 Å². The van der Waals surface area contributed by atoms with Gasteiger partial charge in [-0.15, -0.1) is 0 Å². The summed E-state index contributed by atoms with van der Waals surface area (Å²) in [6, 6.07) is 3.43. The molecule has 0 saturated heterocycles. The monoisotopic (exact) mass is 255 g/mol. The lowest BCUT2D eigenvalue weighted by Crippen LogP contribution is -2.28. The molecule has 0 fully saturated rings. The minimum atomic E-state index is -0.737. The Morgan fingerprint density at radius 2 is 2.22 bits per heavy atom. The maximum atomic E-state index is 13.3. The Morgan fingerprint density at radius 1 is 1.44 bits per heavy atom. The Bertz CT molecular complexity index is 396. The average molecular weight is 255 g/mol. The first-order valence-corrected chi connectivity index (χ1v) is 5.99. The van der Waals surface area contributed by atoms with E-state index in [4.69, 9.17) is 9.84 Å². The number of carbonyl (C=O) groups excluding carboxylic acids is 1. The van der Waals surface area contributed by atoms with Gasteiger partial charge in [0.1, 0.15) is 11.6 Å². The lowest BCUT2D eigenvalue weighted by molar-refractivity contribution is 0.0909. The van der Waals surface area contributed by atoms with Gasteiger partial charge in [-0.1, -0.05) is 13.3 Å². The smallest absolute Gasteiger partial charge is 0.254 e. The lowest BCUT2D eigenvalue weighted by Gasteiger charge is -2.07. The maximum Gasteiger partial charge on any atom is 0.254 e. The van der Waals surface area contributed by atoms with Crippen molar-refractivity contribution in [2.24, 2.45) is 0 Å². The molecule has 1 amide bonds. The molecule has 0 unspecified atom stereocenters. The summed E-state index contributed by atoms with van der Waals surface area (Å²) >= 11 is 0. The van der Waals surface area contributed by atoms with Crippen molar-refractivity contribution in [3.63, 3.8) is 0 Å². The van der Waals surface area contributed by atoms with Crippen LogP contribution in [0.3, 0.4) is 0 Å². The molecule has 0 aliphatic heterocycles. The van der Waals surface area contributed by atoms with E-state index in [2.05, 4.69) is 12.2 Å². The predicted octanol–water partition coefficient (Wildman–Crippen LogP) is 2.08. The van der Waals surface area contributed by atoms with Crippen LogP contribution in [0.4, 0.5) is 4.39 Å². The van der Waals surface area contributed by atoms with E-state index in [9.17, 15) is 9.18 Å². The molecule has 100 valence electrons. The van der Waals surface area contributed by atoms with E-state index in [1.807, 2.05) is 0 Å². The maximum absolute atomic E-state index is 13.3. The molecular formula is C13H18FNO3. The third-order valence-electron chi connectivity index (χ3n) is 2.37. The molecule has 0 radical (unpaired) electrons. The quantitative estimate of drug-likeness (QED) is 0.733. The number of halogens is 1. The van der Waals surface area contributed by atoms with Gasteiger partial charge in [0.15, 0.2) is 0 Å². The van der Waals surface area contributed by atoms with Crippen LogP contribution in [0.1, 0.15) is 30.1 Å². The summed E-state index contributed by atoms with van der Waals surface area (Å²) in [5.74, 6) is -1.45. The molecule has 0 atom stereocenters. The van der Waals surface area contributed by atoms with Crippen LogP contribution < -0.4 is 5.32 Å². The van der Waals surface area contributed by atoms with Gasteiger partial charge in [-0.2, -0.15) is 0 Å². The zero-order valence-corrected chi connectivity index (χ0v) is 10.4. The van der Waals surface area contributed by atoms with E-state index < -0.39 is 11.7 Å². The van der Waals surface area contributed by atoms with Crippen LogP contribution in [0.5, 0.6) is 5.75 Å². The van der Waals surface area contributed by atoms with Gasteiger partial charge in [-0.3, -0.25) is 4.79 Å². The van der Waals surface area contributed by atoms with Crippen molar-refractivity contribution in [3.8, 4) is 5.75 Å². The normalized spacial score (nSPS) is 10.3. The molecule has 0 saturated carbocycles. The Morgan fingerprint density at radius 3 is 2.89 bits per heavy atom. The number of hydrogen-bond acceptors (Lipinski definition) is 3. The minimum absolute atomic E-state index is 0.0821. The largest absolute Gasteiger partial charge is 0.508 e. The first-order valence-electron chi connectivity index (χ1n) is 5.99. The van der Waals surface area contributed by atoms with E-state index >= 15 is 0 Å². The van der Waals surface area contributed by atoms with E-state index in [0.717, 1.165) is 18.9 Å². The fourth-order valence-electron chi connectivity index (χ4n) is 1.37. The fourth-order valence-corrected chi connectivity index (χ4v) is 1.37. The number of nitrogens with one attached hydrogen (secondary N) is 1. The van der Waals surface area contributed by atoms with E-state index in [1.165, 1.54) is 12.1 Å². The highest BCUT2D eigenvalue weighted by molar-refractivity contribution is 5.94. The van der Waals surface area contributed by atoms with Crippen LogP contribution in [0.25, 0.3) is 0 Å².